The Labute approximate surface area is 192 Å². The van der Waals surface area contributed by atoms with Crippen LogP contribution in [0.1, 0.15) is 11.1 Å². The fraction of sp³-hybridized carbons (Fsp3) is 0.200. The molecule has 0 fully saturated rings. The van der Waals surface area contributed by atoms with Crippen molar-refractivity contribution < 1.29 is 27.3 Å². The fourth-order valence-electron chi connectivity index (χ4n) is 2.96. The third-order valence-electron chi connectivity index (χ3n) is 4.65. The standard InChI is InChI=1S/C20H18ClN3O8S/c1-11-5-18-14(8-15(11)21)12(6-19(25)32-18)10-31-20(26)9-23-33(29,30)13-3-4-16(22-2)17(7-13)24(27)28/h3-8,22-23H,9-10H2,1-2H3. The van der Waals surface area contributed by atoms with E-state index < -0.39 is 43.7 Å². The highest BCUT2D eigenvalue weighted by atomic mass is 35.5. The van der Waals surface area contributed by atoms with Gasteiger partial charge in [-0.25, -0.2) is 13.2 Å². The van der Waals surface area contributed by atoms with Crippen molar-refractivity contribution in [3.63, 3.8) is 0 Å². The number of carbonyl (C=O) groups excluding carboxylic acids is 1. The Hall–Kier alpha value is -3.48. The van der Waals surface area contributed by atoms with E-state index in [0.29, 0.717) is 21.5 Å². The molecule has 13 heteroatoms. The van der Waals surface area contributed by atoms with Crippen LogP contribution in [0, 0.1) is 17.0 Å². The molecular weight excluding hydrogens is 478 g/mol. The summed E-state index contributed by atoms with van der Waals surface area (Å²) in [7, 11) is -2.78. The molecule has 2 N–H and O–H groups in total. The molecule has 1 aromatic heterocycles. The molecule has 33 heavy (non-hydrogen) atoms. The number of rotatable bonds is 8. The van der Waals surface area contributed by atoms with Gasteiger partial charge in [-0.2, -0.15) is 4.72 Å². The second-order valence-electron chi connectivity index (χ2n) is 6.86. The monoisotopic (exact) mass is 495 g/mol. The lowest BCUT2D eigenvalue weighted by atomic mass is 10.1. The van der Waals surface area contributed by atoms with Crippen molar-refractivity contribution in [2.24, 2.45) is 0 Å². The molecule has 0 saturated heterocycles. The van der Waals surface area contributed by atoms with E-state index in [0.717, 1.165) is 18.2 Å². The molecule has 3 rings (SSSR count). The SMILES string of the molecule is CNc1ccc(S(=O)(=O)NCC(=O)OCc2cc(=O)oc3cc(C)c(Cl)cc23)cc1[N+](=O)[O-]. The molecule has 0 spiro atoms. The Morgan fingerprint density at radius 3 is 2.64 bits per heavy atom. The minimum Gasteiger partial charge on any atom is -0.460 e. The molecule has 0 aliphatic heterocycles. The number of hydrogen-bond acceptors (Lipinski definition) is 9. The van der Waals surface area contributed by atoms with Crippen molar-refractivity contribution in [1.29, 1.82) is 0 Å². The van der Waals surface area contributed by atoms with Crippen LogP contribution in [-0.2, 0) is 26.2 Å². The van der Waals surface area contributed by atoms with Crippen LogP contribution in [0.2, 0.25) is 5.02 Å². The molecule has 11 nitrogen and oxygen atoms in total. The van der Waals surface area contributed by atoms with Crippen molar-refractivity contribution in [1.82, 2.24) is 4.72 Å². The van der Waals surface area contributed by atoms with Crippen LogP contribution < -0.4 is 15.7 Å². The van der Waals surface area contributed by atoms with Crippen molar-refractivity contribution >= 4 is 49.9 Å². The van der Waals surface area contributed by atoms with Gasteiger partial charge in [0, 0.05) is 35.2 Å². The van der Waals surface area contributed by atoms with Gasteiger partial charge in [-0.05, 0) is 36.8 Å². The lowest BCUT2D eigenvalue weighted by Gasteiger charge is -2.10. The number of fused-ring (bicyclic) bond motifs is 1. The number of anilines is 1. The quantitative estimate of drug-likeness (QED) is 0.207. The summed E-state index contributed by atoms with van der Waals surface area (Å²) in [5.74, 6) is -0.931. The van der Waals surface area contributed by atoms with E-state index >= 15 is 0 Å². The van der Waals surface area contributed by atoms with Gasteiger partial charge in [-0.3, -0.25) is 14.9 Å². The van der Waals surface area contributed by atoms with Gasteiger partial charge in [0.2, 0.25) is 10.0 Å². The third-order valence-corrected chi connectivity index (χ3v) is 6.46. The zero-order valence-corrected chi connectivity index (χ0v) is 19.0. The van der Waals surface area contributed by atoms with Crippen molar-refractivity contribution in [3.8, 4) is 0 Å². The highest BCUT2D eigenvalue weighted by molar-refractivity contribution is 7.89. The molecule has 0 radical (unpaired) electrons. The molecule has 0 unspecified atom stereocenters. The predicted octanol–water partition coefficient (Wildman–Crippen LogP) is 2.73. The van der Waals surface area contributed by atoms with Crippen LogP contribution in [-0.4, -0.2) is 32.9 Å². The lowest BCUT2D eigenvalue weighted by molar-refractivity contribution is -0.384. The number of hydrogen-bond donors (Lipinski definition) is 2. The van der Waals surface area contributed by atoms with E-state index in [1.165, 1.54) is 13.1 Å². The van der Waals surface area contributed by atoms with Crippen LogP contribution in [0.3, 0.4) is 0 Å². The molecule has 0 amide bonds. The second kappa shape index (κ2) is 9.57. The van der Waals surface area contributed by atoms with E-state index in [9.17, 15) is 28.1 Å². The maximum atomic E-state index is 12.4. The van der Waals surface area contributed by atoms with Gasteiger partial charge in [0.15, 0.2) is 0 Å². The first kappa shape index (κ1) is 24.2. The minimum atomic E-state index is -4.24. The zero-order valence-electron chi connectivity index (χ0n) is 17.4. The van der Waals surface area contributed by atoms with E-state index in [1.54, 1.807) is 19.1 Å². The fourth-order valence-corrected chi connectivity index (χ4v) is 4.11. The summed E-state index contributed by atoms with van der Waals surface area (Å²) in [5, 5.41) is 14.6. The van der Waals surface area contributed by atoms with Gasteiger partial charge in [0.05, 0.1) is 9.82 Å². The van der Waals surface area contributed by atoms with Gasteiger partial charge in [0.25, 0.3) is 5.69 Å². The molecule has 174 valence electrons. The summed E-state index contributed by atoms with van der Waals surface area (Å²) in [6.45, 7) is 0.676. The van der Waals surface area contributed by atoms with Crippen LogP contribution in [0.4, 0.5) is 11.4 Å². The summed E-state index contributed by atoms with van der Waals surface area (Å²) >= 11 is 6.12. The highest BCUT2D eigenvalue weighted by Crippen LogP contribution is 2.27. The largest absolute Gasteiger partial charge is 0.460 e. The molecule has 1 heterocycles. The number of nitro benzene ring substituents is 1. The maximum Gasteiger partial charge on any atom is 0.336 e. The number of nitrogens with one attached hydrogen (secondary N) is 2. The van der Waals surface area contributed by atoms with Gasteiger partial charge < -0.3 is 14.5 Å². The number of carbonyl (C=O) groups is 1. The van der Waals surface area contributed by atoms with Crippen LogP contribution in [0.5, 0.6) is 0 Å². The molecule has 0 saturated carbocycles. The first-order valence-corrected chi connectivity index (χ1v) is 11.2. The van der Waals surface area contributed by atoms with Gasteiger partial charge in [-0.1, -0.05) is 11.6 Å². The molecule has 3 aromatic rings. The number of sulfonamides is 1. The molecule has 0 bridgehead atoms. The Bertz CT molecular complexity index is 1420. The summed E-state index contributed by atoms with van der Waals surface area (Å²) < 4.78 is 37.1. The summed E-state index contributed by atoms with van der Waals surface area (Å²) in [6.07, 6.45) is 0. The Balaban J connectivity index is 1.71. The number of nitrogens with zero attached hydrogens (tertiary/aromatic N) is 1. The van der Waals surface area contributed by atoms with E-state index in [-0.39, 0.29) is 17.9 Å². The normalized spacial score (nSPS) is 11.4. The van der Waals surface area contributed by atoms with Crippen molar-refractivity contribution in [2.45, 2.75) is 18.4 Å². The second-order valence-corrected chi connectivity index (χ2v) is 9.03. The number of nitro groups is 1. The number of aryl methyl sites for hydroxylation is 1. The Morgan fingerprint density at radius 2 is 1.97 bits per heavy atom. The van der Waals surface area contributed by atoms with Gasteiger partial charge in [-0.15, -0.1) is 0 Å². The smallest absolute Gasteiger partial charge is 0.336 e. The average molecular weight is 496 g/mol. The predicted molar refractivity (Wildman–Crippen MR) is 120 cm³/mol. The number of halogens is 1. The molecule has 2 aromatic carbocycles. The number of esters is 1. The number of ether oxygens (including phenoxy) is 1. The van der Waals surface area contributed by atoms with Crippen LogP contribution in [0.15, 0.2) is 50.5 Å². The van der Waals surface area contributed by atoms with Gasteiger partial charge in [0.1, 0.15) is 24.4 Å². The van der Waals surface area contributed by atoms with E-state index in [2.05, 4.69) is 5.32 Å². The van der Waals surface area contributed by atoms with Crippen LogP contribution in [0.25, 0.3) is 11.0 Å². The maximum absolute atomic E-state index is 12.4. The van der Waals surface area contributed by atoms with Crippen molar-refractivity contribution in [2.75, 3.05) is 18.9 Å². The first-order chi connectivity index (χ1) is 15.5. The van der Waals surface area contributed by atoms with Crippen LogP contribution >= 0.6 is 11.6 Å². The molecule has 0 aliphatic carbocycles. The number of benzene rings is 2. The van der Waals surface area contributed by atoms with E-state index in [1.807, 2.05) is 4.72 Å². The topological polar surface area (TPSA) is 158 Å². The zero-order chi connectivity index (χ0) is 24.3. The highest BCUT2D eigenvalue weighted by Gasteiger charge is 2.22. The Kier molecular flexibility index (Phi) is 7.01. The molecular formula is C20H18ClN3O8S. The van der Waals surface area contributed by atoms with E-state index in [4.69, 9.17) is 20.8 Å². The molecule has 0 aliphatic rings. The summed E-state index contributed by atoms with van der Waals surface area (Å²) in [6, 6.07) is 7.58. The van der Waals surface area contributed by atoms with Gasteiger partial charge >= 0.3 is 11.6 Å². The minimum absolute atomic E-state index is 0.133. The average Bonchev–Trinajstić information content (AvgIpc) is 2.76. The summed E-state index contributed by atoms with van der Waals surface area (Å²) in [4.78, 5) is 33.9. The summed E-state index contributed by atoms with van der Waals surface area (Å²) in [5.41, 5.74) is 0.335. The third kappa shape index (κ3) is 5.48. The first-order valence-electron chi connectivity index (χ1n) is 9.36. The van der Waals surface area contributed by atoms with Crippen molar-refractivity contribution in [3.05, 3.63) is 73.1 Å². The Morgan fingerprint density at radius 1 is 1.24 bits per heavy atom. The lowest BCUT2D eigenvalue weighted by Crippen LogP contribution is -2.30. The molecule has 0 atom stereocenters.